The Labute approximate surface area is 125 Å². The van der Waals surface area contributed by atoms with E-state index in [1.54, 1.807) is 0 Å². The first-order valence-corrected chi connectivity index (χ1v) is 7.68. The standard InChI is InChI=1S/C17H33NO2/c1-8-9-10-11-14(18)13(12-16(2,3)4)15(19)20-17(5,6)7/h12,14H,8-11,18H2,1-7H3. The smallest absolute Gasteiger partial charge is 0.335 e. The molecule has 0 heterocycles. The highest BCUT2D eigenvalue weighted by Crippen LogP contribution is 2.23. The van der Waals surface area contributed by atoms with Gasteiger partial charge in [-0.2, -0.15) is 0 Å². The van der Waals surface area contributed by atoms with Crippen LogP contribution in [0.5, 0.6) is 0 Å². The molecule has 20 heavy (non-hydrogen) atoms. The summed E-state index contributed by atoms with van der Waals surface area (Å²) >= 11 is 0. The van der Waals surface area contributed by atoms with E-state index in [4.69, 9.17) is 10.5 Å². The largest absolute Gasteiger partial charge is 0.457 e. The summed E-state index contributed by atoms with van der Waals surface area (Å²) < 4.78 is 5.49. The monoisotopic (exact) mass is 283 g/mol. The summed E-state index contributed by atoms with van der Waals surface area (Å²) in [7, 11) is 0. The van der Waals surface area contributed by atoms with Crippen LogP contribution in [0.4, 0.5) is 0 Å². The second-order valence-electron chi connectivity index (χ2n) is 7.57. The highest BCUT2D eigenvalue weighted by Gasteiger charge is 2.25. The number of hydrogen-bond donors (Lipinski definition) is 1. The third kappa shape index (κ3) is 9.13. The zero-order valence-corrected chi connectivity index (χ0v) is 14.4. The maximum atomic E-state index is 12.3. The Hall–Kier alpha value is -0.830. The summed E-state index contributed by atoms with van der Waals surface area (Å²) in [5.41, 5.74) is 6.25. The van der Waals surface area contributed by atoms with Crippen LogP contribution in [0.1, 0.15) is 74.1 Å². The van der Waals surface area contributed by atoms with E-state index < -0.39 is 5.60 Å². The first-order chi connectivity index (χ1) is 8.96. The van der Waals surface area contributed by atoms with Crippen LogP contribution >= 0.6 is 0 Å². The summed E-state index contributed by atoms with van der Waals surface area (Å²) in [6, 6.07) is -0.240. The molecule has 2 N–H and O–H groups in total. The first kappa shape index (κ1) is 19.2. The maximum absolute atomic E-state index is 12.3. The van der Waals surface area contributed by atoms with Gasteiger partial charge in [-0.15, -0.1) is 0 Å². The minimum absolute atomic E-state index is 0.0887. The molecule has 3 heteroatoms. The lowest BCUT2D eigenvalue weighted by molar-refractivity contribution is -0.150. The SMILES string of the molecule is CCCCCC(N)C(=CC(C)(C)C)C(=O)OC(C)(C)C. The molecule has 0 aromatic heterocycles. The Balaban J connectivity index is 5.00. The van der Waals surface area contributed by atoms with Crippen LogP contribution < -0.4 is 5.73 Å². The molecule has 0 aliphatic heterocycles. The molecule has 0 radical (unpaired) electrons. The van der Waals surface area contributed by atoms with Gasteiger partial charge in [-0.1, -0.05) is 53.0 Å². The molecule has 0 aliphatic rings. The number of hydrogen-bond acceptors (Lipinski definition) is 3. The van der Waals surface area contributed by atoms with Gasteiger partial charge in [0.15, 0.2) is 0 Å². The topological polar surface area (TPSA) is 52.3 Å². The molecule has 1 unspecified atom stereocenters. The van der Waals surface area contributed by atoms with Crippen molar-refractivity contribution < 1.29 is 9.53 Å². The van der Waals surface area contributed by atoms with E-state index in [1.807, 2.05) is 26.8 Å². The van der Waals surface area contributed by atoms with Gasteiger partial charge in [0.2, 0.25) is 0 Å². The molecule has 3 nitrogen and oxygen atoms in total. The van der Waals surface area contributed by atoms with Crippen LogP contribution in [0.25, 0.3) is 0 Å². The number of unbranched alkanes of at least 4 members (excludes halogenated alkanes) is 2. The first-order valence-electron chi connectivity index (χ1n) is 7.68. The van der Waals surface area contributed by atoms with E-state index in [2.05, 4.69) is 27.7 Å². The predicted molar refractivity (Wildman–Crippen MR) is 85.5 cm³/mol. The highest BCUT2D eigenvalue weighted by atomic mass is 16.6. The zero-order chi connectivity index (χ0) is 16.0. The molecular weight excluding hydrogens is 250 g/mol. The Kier molecular flexibility index (Phi) is 7.50. The number of carbonyl (C=O) groups excluding carboxylic acids is 1. The fourth-order valence-electron chi connectivity index (χ4n) is 1.89. The molecule has 0 rings (SSSR count). The number of allylic oxidation sites excluding steroid dienone is 1. The predicted octanol–water partition coefficient (Wildman–Crippen LogP) is 4.21. The lowest BCUT2D eigenvalue weighted by Gasteiger charge is -2.25. The summed E-state index contributed by atoms with van der Waals surface area (Å²) in [4.78, 5) is 12.3. The second kappa shape index (κ2) is 7.82. The van der Waals surface area contributed by atoms with Crippen molar-refractivity contribution in [2.45, 2.75) is 85.8 Å². The van der Waals surface area contributed by atoms with Crippen molar-refractivity contribution in [2.24, 2.45) is 11.1 Å². The average Bonchev–Trinajstić information content (AvgIpc) is 2.22. The van der Waals surface area contributed by atoms with Gasteiger partial charge in [0.1, 0.15) is 5.60 Å². The summed E-state index contributed by atoms with van der Waals surface area (Å²) in [5, 5.41) is 0. The lowest BCUT2D eigenvalue weighted by atomic mass is 9.89. The zero-order valence-electron chi connectivity index (χ0n) is 14.4. The quantitative estimate of drug-likeness (QED) is 0.451. The summed E-state index contributed by atoms with van der Waals surface area (Å²) in [6.45, 7) is 14.0. The maximum Gasteiger partial charge on any atom is 0.335 e. The molecule has 0 aliphatic carbocycles. The van der Waals surface area contributed by atoms with Crippen LogP contribution in [0.3, 0.4) is 0 Å². The van der Waals surface area contributed by atoms with Crippen LogP contribution in [-0.4, -0.2) is 17.6 Å². The van der Waals surface area contributed by atoms with Crippen molar-refractivity contribution in [3.63, 3.8) is 0 Å². The number of carbonyl (C=O) groups is 1. The number of rotatable bonds is 6. The molecule has 0 spiro atoms. The van der Waals surface area contributed by atoms with E-state index in [0.717, 1.165) is 25.7 Å². The molecule has 118 valence electrons. The van der Waals surface area contributed by atoms with Crippen molar-refractivity contribution in [1.29, 1.82) is 0 Å². The van der Waals surface area contributed by atoms with Gasteiger partial charge in [0, 0.05) is 6.04 Å². The van der Waals surface area contributed by atoms with Gasteiger partial charge >= 0.3 is 5.97 Å². The van der Waals surface area contributed by atoms with Crippen molar-refractivity contribution in [3.05, 3.63) is 11.6 Å². The summed E-state index contributed by atoms with van der Waals surface area (Å²) in [5.74, 6) is -0.281. The number of ether oxygens (including phenoxy) is 1. The Morgan fingerprint density at radius 3 is 2.10 bits per heavy atom. The normalized spacial score (nSPS) is 15.1. The van der Waals surface area contributed by atoms with Gasteiger partial charge < -0.3 is 10.5 Å². The number of nitrogens with two attached hydrogens (primary N) is 1. The molecule has 0 saturated carbocycles. The fourth-order valence-corrected chi connectivity index (χ4v) is 1.89. The molecule has 0 bridgehead atoms. The summed E-state index contributed by atoms with van der Waals surface area (Å²) in [6.07, 6.45) is 6.12. The van der Waals surface area contributed by atoms with Crippen molar-refractivity contribution >= 4 is 5.97 Å². The molecule has 0 aromatic rings. The second-order valence-corrected chi connectivity index (χ2v) is 7.57. The highest BCUT2D eigenvalue weighted by molar-refractivity contribution is 5.90. The number of esters is 1. The average molecular weight is 283 g/mol. The van der Waals surface area contributed by atoms with E-state index >= 15 is 0 Å². The lowest BCUT2D eigenvalue weighted by Crippen LogP contribution is -2.33. The van der Waals surface area contributed by atoms with E-state index in [-0.39, 0.29) is 17.4 Å². The third-order valence-corrected chi connectivity index (χ3v) is 2.74. The van der Waals surface area contributed by atoms with Crippen LogP contribution in [0.2, 0.25) is 0 Å². The Morgan fingerprint density at radius 2 is 1.70 bits per heavy atom. The van der Waals surface area contributed by atoms with Crippen LogP contribution in [-0.2, 0) is 9.53 Å². The van der Waals surface area contributed by atoms with E-state index in [9.17, 15) is 4.79 Å². The Morgan fingerprint density at radius 1 is 1.15 bits per heavy atom. The van der Waals surface area contributed by atoms with E-state index in [0.29, 0.717) is 5.57 Å². The van der Waals surface area contributed by atoms with Gasteiger partial charge in [-0.05, 0) is 32.6 Å². The molecule has 0 fully saturated rings. The van der Waals surface area contributed by atoms with E-state index in [1.165, 1.54) is 0 Å². The van der Waals surface area contributed by atoms with Crippen LogP contribution in [0, 0.1) is 5.41 Å². The molecular formula is C17H33NO2. The fraction of sp³-hybridized carbons (Fsp3) is 0.824. The van der Waals surface area contributed by atoms with Gasteiger partial charge in [0.25, 0.3) is 0 Å². The van der Waals surface area contributed by atoms with Gasteiger partial charge in [-0.3, -0.25) is 0 Å². The third-order valence-electron chi connectivity index (χ3n) is 2.74. The molecule has 0 saturated heterocycles. The van der Waals surface area contributed by atoms with Gasteiger partial charge in [0.05, 0.1) is 5.57 Å². The molecule has 0 aromatic carbocycles. The van der Waals surface area contributed by atoms with Crippen molar-refractivity contribution in [2.75, 3.05) is 0 Å². The van der Waals surface area contributed by atoms with Crippen molar-refractivity contribution in [3.8, 4) is 0 Å². The van der Waals surface area contributed by atoms with Gasteiger partial charge in [-0.25, -0.2) is 4.79 Å². The Bertz CT molecular complexity index is 332. The van der Waals surface area contributed by atoms with Crippen LogP contribution in [0.15, 0.2) is 11.6 Å². The minimum Gasteiger partial charge on any atom is -0.457 e. The molecule has 0 amide bonds. The molecule has 1 atom stereocenters. The minimum atomic E-state index is -0.489. The van der Waals surface area contributed by atoms with Crippen molar-refractivity contribution in [1.82, 2.24) is 0 Å².